The molecule has 0 spiro atoms. The van der Waals surface area contributed by atoms with Gasteiger partial charge in [-0.2, -0.15) is 0 Å². The van der Waals surface area contributed by atoms with E-state index < -0.39 is 0 Å². The van der Waals surface area contributed by atoms with Crippen molar-refractivity contribution in [2.45, 2.75) is 65.0 Å². The van der Waals surface area contributed by atoms with Crippen molar-refractivity contribution in [3.63, 3.8) is 0 Å². The number of hydrogen-bond acceptors (Lipinski definition) is 3. The van der Waals surface area contributed by atoms with Gasteiger partial charge in [0.1, 0.15) is 6.10 Å². The highest BCUT2D eigenvalue weighted by Gasteiger charge is 2.22. The summed E-state index contributed by atoms with van der Waals surface area (Å²) in [4.78, 5) is 4.68. The molecule has 19 heavy (non-hydrogen) atoms. The molecule has 2 rings (SSSR count). The Labute approximate surface area is 116 Å². The third-order valence-electron chi connectivity index (χ3n) is 3.55. The monoisotopic (exact) mass is 262 g/mol. The molecule has 106 valence electrons. The number of ether oxygens (including phenoxy) is 1. The van der Waals surface area contributed by atoms with Gasteiger partial charge in [-0.3, -0.25) is 0 Å². The van der Waals surface area contributed by atoms with Crippen LogP contribution >= 0.6 is 0 Å². The molecule has 0 saturated heterocycles. The minimum atomic E-state index is 0.0555. The van der Waals surface area contributed by atoms with Gasteiger partial charge in [0.25, 0.3) is 0 Å². The van der Waals surface area contributed by atoms with E-state index in [0.29, 0.717) is 6.10 Å². The smallest absolute Gasteiger partial charge is 0.214 e. The van der Waals surface area contributed by atoms with Crippen molar-refractivity contribution in [1.29, 1.82) is 0 Å². The number of nitrogens with one attached hydrogen (secondary N) is 1. The van der Waals surface area contributed by atoms with Crippen LogP contribution in [-0.4, -0.2) is 17.6 Å². The molecular formula is C16H26N2O. The van der Waals surface area contributed by atoms with Gasteiger partial charge in [-0.1, -0.05) is 27.7 Å². The van der Waals surface area contributed by atoms with E-state index in [9.17, 15) is 0 Å². The lowest BCUT2D eigenvalue weighted by molar-refractivity contribution is 0.114. The summed E-state index contributed by atoms with van der Waals surface area (Å²) < 4.78 is 5.97. The van der Waals surface area contributed by atoms with Gasteiger partial charge in [0, 0.05) is 18.0 Å². The number of rotatable bonds is 5. The predicted octanol–water partition coefficient (Wildman–Crippen LogP) is 3.42. The van der Waals surface area contributed by atoms with Crippen molar-refractivity contribution in [1.82, 2.24) is 10.3 Å². The van der Waals surface area contributed by atoms with Crippen LogP contribution in [0.25, 0.3) is 0 Å². The van der Waals surface area contributed by atoms with Crippen LogP contribution in [-0.2, 0) is 12.0 Å². The largest absolute Gasteiger partial charge is 0.474 e. The molecule has 1 aliphatic rings. The molecule has 1 N–H and O–H groups in total. The highest BCUT2D eigenvalue weighted by Crippen LogP contribution is 2.28. The fraction of sp³-hybridized carbons (Fsp3) is 0.688. The van der Waals surface area contributed by atoms with E-state index in [1.54, 1.807) is 0 Å². The number of aromatic nitrogens is 1. The normalized spacial score (nSPS) is 16.2. The van der Waals surface area contributed by atoms with Crippen molar-refractivity contribution in [2.24, 2.45) is 0 Å². The molecule has 1 aromatic heterocycles. The SMILES string of the molecule is CCNCc1cc(OC2CCC2)nc(C(C)(C)C)c1. The van der Waals surface area contributed by atoms with Crippen LogP contribution in [0.4, 0.5) is 0 Å². The Kier molecular flexibility index (Phi) is 4.46. The lowest BCUT2D eigenvalue weighted by atomic mass is 9.90. The van der Waals surface area contributed by atoms with Crippen molar-refractivity contribution in [2.75, 3.05) is 6.54 Å². The first kappa shape index (κ1) is 14.3. The summed E-state index contributed by atoms with van der Waals surface area (Å²) in [5.74, 6) is 0.796. The van der Waals surface area contributed by atoms with E-state index in [0.717, 1.165) is 24.7 Å². The van der Waals surface area contributed by atoms with Gasteiger partial charge in [0.05, 0.1) is 5.69 Å². The second kappa shape index (κ2) is 5.91. The first-order chi connectivity index (χ1) is 8.99. The number of hydrogen-bond donors (Lipinski definition) is 1. The van der Waals surface area contributed by atoms with Crippen LogP contribution in [0.2, 0.25) is 0 Å². The average molecular weight is 262 g/mol. The zero-order chi connectivity index (χ0) is 13.9. The van der Waals surface area contributed by atoms with E-state index in [1.807, 2.05) is 0 Å². The molecule has 0 bridgehead atoms. The van der Waals surface area contributed by atoms with Crippen LogP contribution in [0.5, 0.6) is 5.88 Å². The summed E-state index contributed by atoms with van der Waals surface area (Å²) in [5.41, 5.74) is 2.42. The second-order valence-electron chi connectivity index (χ2n) is 6.40. The molecule has 0 aromatic carbocycles. The summed E-state index contributed by atoms with van der Waals surface area (Å²) in [6.45, 7) is 10.6. The van der Waals surface area contributed by atoms with Crippen LogP contribution < -0.4 is 10.1 Å². The van der Waals surface area contributed by atoms with Crippen LogP contribution in [0.3, 0.4) is 0 Å². The van der Waals surface area contributed by atoms with Crippen LogP contribution in [0.15, 0.2) is 12.1 Å². The minimum absolute atomic E-state index is 0.0555. The average Bonchev–Trinajstić information content (AvgIpc) is 2.30. The van der Waals surface area contributed by atoms with Crippen LogP contribution in [0, 0.1) is 0 Å². The van der Waals surface area contributed by atoms with Gasteiger partial charge in [-0.15, -0.1) is 0 Å². The van der Waals surface area contributed by atoms with Crippen molar-refractivity contribution < 1.29 is 4.74 Å². The maximum absolute atomic E-state index is 5.97. The molecular weight excluding hydrogens is 236 g/mol. The lowest BCUT2D eigenvalue weighted by Crippen LogP contribution is -2.26. The molecule has 0 radical (unpaired) electrons. The van der Waals surface area contributed by atoms with E-state index >= 15 is 0 Å². The summed E-state index contributed by atoms with van der Waals surface area (Å²) in [6.07, 6.45) is 4.01. The van der Waals surface area contributed by atoms with Crippen molar-refractivity contribution >= 4 is 0 Å². The van der Waals surface area contributed by atoms with Gasteiger partial charge in [0.15, 0.2) is 0 Å². The van der Waals surface area contributed by atoms with Gasteiger partial charge in [0.2, 0.25) is 5.88 Å². The Balaban J connectivity index is 2.19. The lowest BCUT2D eigenvalue weighted by Gasteiger charge is -2.27. The first-order valence-electron chi connectivity index (χ1n) is 7.38. The minimum Gasteiger partial charge on any atom is -0.474 e. The number of nitrogens with zero attached hydrogens (tertiary/aromatic N) is 1. The topological polar surface area (TPSA) is 34.1 Å². The molecule has 0 atom stereocenters. The quantitative estimate of drug-likeness (QED) is 0.883. The predicted molar refractivity (Wildman–Crippen MR) is 78.6 cm³/mol. The molecule has 0 aliphatic heterocycles. The maximum atomic E-state index is 5.97. The molecule has 1 heterocycles. The van der Waals surface area contributed by atoms with E-state index in [4.69, 9.17) is 4.74 Å². The fourth-order valence-corrected chi connectivity index (χ4v) is 2.03. The fourth-order valence-electron chi connectivity index (χ4n) is 2.03. The van der Waals surface area contributed by atoms with Crippen molar-refractivity contribution in [3.05, 3.63) is 23.4 Å². The van der Waals surface area contributed by atoms with Gasteiger partial charge < -0.3 is 10.1 Å². The molecule has 1 aromatic rings. The van der Waals surface area contributed by atoms with E-state index in [-0.39, 0.29) is 5.41 Å². The Bertz CT molecular complexity index is 419. The Morgan fingerprint density at radius 2 is 2.05 bits per heavy atom. The molecule has 1 aliphatic carbocycles. The zero-order valence-electron chi connectivity index (χ0n) is 12.6. The maximum Gasteiger partial charge on any atom is 0.214 e. The highest BCUT2D eigenvalue weighted by molar-refractivity contribution is 5.28. The molecule has 0 unspecified atom stereocenters. The summed E-state index contributed by atoms with van der Waals surface area (Å²) in [5, 5.41) is 3.37. The second-order valence-corrected chi connectivity index (χ2v) is 6.40. The third-order valence-corrected chi connectivity index (χ3v) is 3.55. The summed E-state index contributed by atoms with van der Waals surface area (Å²) in [7, 11) is 0. The molecule has 3 heteroatoms. The summed E-state index contributed by atoms with van der Waals surface area (Å²) in [6, 6.07) is 4.27. The summed E-state index contributed by atoms with van der Waals surface area (Å²) >= 11 is 0. The van der Waals surface area contributed by atoms with Crippen LogP contribution in [0.1, 0.15) is 58.2 Å². The Morgan fingerprint density at radius 1 is 1.32 bits per heavy atom. The molecule has 3 nitrogen and oxygen atoms in total. The Hall–Kier alpha value is -1.09. The van der Waals surface area contributed by atoms with Gasteiger partial charge in [-0.25, -0.2) is 4.98 Å². The number of pyridine rings is 1. The Morgan fingerprint density at radius 3 is 2.58 bits per heavy atom. The van der Waals surface area contributed by atoms with Gasteiger partial charge in [-0.05, 0) is 37.4 Å². The first-order valence-corrected chi connectivity index (χ1v) is 7.38. The van der Waals surface area contributed by atoms with Crippen molar-refractivity contribution in [3.8, 4) is 5.88 Å². The van der Waals surface area contributed by atoms with E-state index in [2.05, 4.69) is 50.1 Å². The molecule has 0 amide bonds. The zero-order valence-corrected chi connectivity index (χ0v) is 12.6. The van der Waals surface area contributed by atoms with Gasteiger partial charge >= 0.3 is 0 Å². The molecule has 1 fully saturated rings. The highest BCUT2D eigenvalue weighted by atomic mass is 16.5. The third kappa shape index (κ3) is 3.93. The molecule has 1 saturated carbocycles. The standard InChI is InChI=1S/C16H26N2O/c1-5-17-11-12-9-14(16(2,3)4)18-15(10-12)19-13-7-6-8-13/h9-10,13,17H,5-8,11H2,1-4H3. The van der Waals surface area contributed by atoms with E-state index in [1.165, 1.54) is 24.8 Å².